The molecule has 1 saturated heterocycles. The monoisotopic (exact) mass is 362 g/mol. The third kappa shape index (κ3) is 4.51. The van der Waals surface area contributed by atoms with Gasteiger partial charge in [0.05, 0.1) is 19.8 Å². The number of ether oxygens (including phenoxy) is 2. The first kappa shape index (κ1) is 18.2. The average molecular weight is 362 g/mol. The molecular weight excluding hydrogens is 340 g/mol. The third-order valence-corrected chi connectivity index (χ3v) is 4.47. The van der Waals surface area contributed by atoms with Gasteiger partial charge in [0.25, 0.3) is 0 Å². The molecule has 1 aromatic rings. The number of amides is 2. The van der Waals surface area contributed by atoms with Crippen LogP contribution in [-0.2, 0) is 25.5 Å². The number of benzene rings is 1. The molecule has 0 saturated carbocycles. The van der Waals surface area contributed by atoms with E-state index in [0.717, 1.165) is 11.3 Å². The minimum absolute atomic E-state index is 0.0259. The zero-order valence-corrected chi connectivity index (χ0v) is 14.4. The Bertz CT molecular complexity index is 705. The lowest BCUT2D eigenvalue weighted by molar-refractivity contribution is -0.159. The summed E-state index contributed by atoms with van der Waals surface area (Å²) < 4.78 is 10.8. The predicted molar refractivity (Wildman–Crippen MR) is 92.1 cm³/mol. The van der Waals surface area contributed by atoms with Crippen molar-refractivity contribution in [1.82, 2.24) is 4.90 Å². The summed E-state index contributed by atoms with van der Waals surface area (Å²) in [6, 6.07) is 5.54. The van der Waals surface area contributed by atoms with Crippen LogP contribution in [0.5, 0.6) is 5.75 Å². The number of aryl methyl sites for hydroxylation is 1. The zero-order chi connectivity index (χ0) is 18.5. The van der Waals surface area contributed by atoms with E-state index >= 15 is 0 Å². The minimum Gasteiger partial charge on any atom is -0.494 e. The van der Waals surface area contributed by atoms with E-state index in [-0.39, 0.29) is 25.0 Å². The number of fused-ring (bicyclic) bond motifs is 1. The summed E-state index contributed by atoms with van der Waals surface area (Å²) in [7, 11) is 0. The summed E-state index contributed by atoms with van der Waals surface area (Å²) >= 11 is 0. The van der Waals surface area contributed by atoms with Gasteiger partial charge < -0.3 is 24.8 Å². The van der Waals surface area contributed by atoms with E-state index in [2.05, 4.69) is 5.32 Å². The smallest absolute Gasteiger partial charge is 0.334 e. The SMILES string of the molecule is O=C1CCc2cc(OCCCC(=O)N3CCO[C@@H](C(=O)O)C3)ccc2N1. The Morgan fingerprint density at radius 3 is 3.00 bits per heavy atom. The molecule has 1 fully saturated rings. The standard InChI is InChI=1S/C18H22N2O6/c21-16-6-3-12-10-13(4-5-14(12)19-16)25-8-1-2-17(22)20-7-9-26-15(11-20)18(23)24/h4-5,10,15H,1-3,6-9,11H2,(H,19,21)(H,23,24)/t15-/m1/s1. The maximum Gasteiger partial charge on any atom is 0.334 e. The number of carbonyl (C=O) groups excluding carboxylic acids is 2. The molecule has 0 radical (unpaired) electrons. The molecule has 26 heavy (non-hydrogen) atoms. The first-order valence-electron chi connectivity index (χ1n) is 8.70. The molecule has 2 N–H and O–H groups in total. The molecule has 2 aliphatic rings. The van der Waals surface area contributed by atoms with Crippen LogP contribution in [0.3, 0.4) is 0 Å². The van der Waals surface area contributed by atoms with Crippen LogP contribution >= 0.6 is 0 Å². The fourth-order valence-electron chi connectivity index (χ4n) is 3.05. The average Bonchev–Trinajstić information content (AvgIpc) is 2.65. The molecule has 2 heterocycles. The highest BCUT2D eigenvalue weighted by Crippen LogP contribution is 2.26. The minimum atomic E-state index is -1.05. The van der Waals surface area contributed by atoms with Crippen LogP contribution in [0.15, 0.2) is 18.2 Å². The molecule has 0 spiro atoms. The largest absolute Gasteiger partial charge is 0.494 e. The van der Waals surface area contributed by atoms with E-state index in [1.807, 2.05) is 12.1 Å². The van der Waals surface area contributed by atoms with Crippen LogP contribution in [0.1, 0.15) is 24.8 Å². The van der Waals surface area contributed by atoms with Gasteiger partial charge in [-0.2, -0.15) is 0 Å². The summed E-state index contributed by atoms with van der Waals surface area (Å²) in [5, 5.41) is 11.8. The molecule has 1 atom stereocenters. The number of hydrogen-bond acceptors (Lipinski definition) is 5. The van der Waals surface area contributed by atoms with Gasteiger partial charge in [0.2, 0.25) is 11.8 Å². The Labute approximate surface area is 151 Å². The summed E-state index contributed by atoms with van der Waals surface area (Å²) in [6.07, 6.45) is 1.06. The molecule has 1 aromatic carbocycles. The normalized spacial score (nSPS) is 19.5. The first-order valence-corrected chi connectivity index (χ1v) is 8.70. The van der Waals surface area contributed by atoms with Crippen molar-refractivity contribution in [3.63, 3.8) is 0 Å². The van der Waals surface area contributed by atoms with Crippen molar-refractivity contribution in [3.8, 4) is 5.75 Å². The fraction of sp³-hybridized carbons (Fsp3) is 0.500. The Morgan fingerprint density at radius 1 is 1.35 bits per heavy atom. The Morgan fingerprint density at radius 2 is 2.19 bits per heavy atom. The van der Waals surface area contributed by atoms with Gasteiger partial charge in [0.1, 0.15) is 5.75 Å². The predicted octanol–water partition coefficient (Wildman–Crippen LogP) is 1.04. The summed E-state index contributed by atoms with van der Waals surface area (Å²) in [6.45, 7) is 1.14. The van der Waals surface area contributed by atoms with Crippen molar-refractivity contribution < 1.29 is 29.0 Å². The number of aliphatic carboxylic acids is 1. The molecule has 2 amide bonds. The van der Waals surface area contributed by atoms with Gasteiger partial charge >= 0.3 is 5.97 Å². The lowest BCUT2D eigenvalue weighted by Crippen LogP contribution is -2.48. The maximum absolute atomic E-state index is 12.2. The van der Waals surface area contributed by atoms with Gasteiger partial charge in [-0.3, -0.25) is 9.59 Å². The van der Waals surface area contributed by atoms with E-state index in [0.29, 0.717) is 44.6 Å². The van der Waals surface area contributed by atoms with E-state index < -0.39 is 12.1 Å². The molecule has 0 unspecified atom stereocenters. The summed E-state index contributed by atoms with van der Waals surface area (Å²) in [5.74, 6) is -0.395. The number of carboxylic acids is 1. The summed E-state index contributed by atoms with van der Waals surface area (Å²) in [4.78, 5) is 36.0. The number of anilines is 1. The number of carbonyl (C=O) groups is 3. The van der Waals surface area contributed by atoms with Crippen molar-refractivity contribution in [2.45, 2.75) is 31.8 Å². The van der Waals surface area contributed by atoms with Crippen LogP contribution in [0.2, 0.25) is 0 Å². The lowest BCUT2D eigenvalue weighted by Gasteiger charge is -2.30. The van der Waals surface area contributed by atoms with Gasteiger partial charge in [0, 0.05) is 25.1 Å². The van der Waals surface area contributed by atoms with Crippen LogP contribution in [0, 0.1) is 0 Å². The lowest BCUT2D eigenvalue weighted by atomic mass is 10.0. The number of morpholine rings is 1. The van der Waals surface area contributed by atoms with Crippen molar-refractivity contribution in [2.24, 2.45) is 0 Å². The van der Waals surface area contributed by atoms with Gasteiger partial charge in [0.15, 0.2) is 6.10 Å². The van der Waals surface area contributed by atoms with E-state index in [1.54, 1.807) is 6.07 Å². The zero-order valence-electron chi connectivity index (χ0n) is 14.4. The van der Waals surface area contributed by atoms with Gasteiger partial charge in [-0.15, -0.1) is 0 Å². The van der Waals surface area contributed by atoms with Gasteiger partial charge in [-0.05, 0) is 36.6 Å². The molecule has 0 bridgehead atoms. The number of rotatable bonds is 6. The first-order chi connectivity index (χ1) is 12.5. The maximum atomic E-state index is 12.2. The van der Waals surface area contributed by atoms with Crippen LogP contribution in [0.4, 0.5) is 5.69 Å². The molecule has 140 valence electrons. The van der Waals surface area contributed by atoms with Crippen molar-refractivity contribution in [2.75, 3.05) is 31.6 Å². The summed E-state index contributed by atoms with van der Waals surface area (Å²) in [5.41, 5.74) is 1.87. The molecule has 0 aromatic heterocycles. The molecule has 0 aliphatic carbocycles. The van der Waals surface area contributed by atoms with Crippen molar-refractivity contribution in [3.05, 3.63) is 23.8 Å². The van der Waals surface area contributed by atoms with E-state index in [4.69, 9.17) is 14.6 Å². The highest BCUT2D eigenvalue weighted by atomic mass is 16.5. The van der Waals surface area contributed by atoms with E-state index in [1.165, 1.54) is 4.90 Å². The number of carboxylic acid groups (broad SMARTS) is 1. The highest BCUT2D eigenvalue weighted by Gasteiger charge is 2.28. The topological polar surface area (TPSA) is 105 Å². The Balaban J connectivity index is 1.42. The van der Waals surface area contributed by atoms with Gasteiger partial charge in [-0.25, -0.2) is 4.79 Å². The van der Waals surface area contributed by atoms with Crippen LogP contribution in [0.25, 0.3) is 0 Å². The second-order valence-corrected chi connectivity index (χ2v) is 6.36. The third-order valence-electron chi connectivity index (χ3n) is 4.47. The second-order valence-electron chi connectivity index (χ2n) is 6.36. The van der Waals surface area contributed by atoms with Gasteiger partial charge in [-0.1, -0.05) is 0 Å². The quantitative estimate of drug-likeness (QED) is 0.733. The van der Waals surface area contributed by atoms with Crippen LogP contribution < -0.4 is 10.1 Å². The Hall–Kier alpha value is -2.61. The van der Waals surface area contributed by atoms with Crippen molar-refractivity contribution >= 4 is 23.5 Å². The Kier molecular flexibility index (Phi) is 5.72. The molecule has 2 aliphatic heterocycles. The molecule has 8 heteroatoms. The molecule has 8 nitrogen and oxygen atoms in total. The molecule has 3 rings (SSSR count). The molecular formula is C18H22N2O6. The highest BCUT2D eigenvalue weighted by molar-refractivity contribution is 5.94. The number of nitrogens with one attached hydrogen (secondary N) is 1. The van der Waals surface area contributed by atoms with Crippen molar-refractivity contribution in [1.29, 1.82) is 0 Å². The fourth-order valence-corrected chi connectivity index (χ4v) is 3.05. The number of nitrogens with zero attached hydrogens (tertiary/aromatic N) is 1. The van der Waals surface area contributed by atoms with Crippen LogP contribution in [-0.4, -0.2) is 60.2 Å². The number of hydrogen-bond donors (Lipinski definition) is 2. The van der Waals surface area contributed by atoms with E-state index in [9.17, 15) is 14.4 Å². The second kappa shape index (κ2) is 8.18.